The van der Waals surface area contributed by atoms with Gasteiger partial charge in [-0.05, 0) is 49.3 Å². The molecule has 1 aromatic heterocycles. The van der Waals surface area contributed by atoms with E-state index in [-0.39, 0.29) is 17.3 Å². The molecule has 0 atom stereocenters. The molecule has 1 aromatic carbocycles. The Labute approximate surface area is 147 Å². The molecule has 1 aliphatic rings. The van der Waals surface area contributed by atoms with Crippen LogP contribution in [-0.4, -0.2) is 24.3 Å². The van der Waals surface area contributed by atoms with Crippen LogP contribution in [0.25, 0.3) is 10.9 Å². The lowest BCUT2D eigenvalue weighted by molar-refractivity contribution is 0.429. The van der Waals surface area contributed by atoms with E-state index in [2.05, 4.69) is 4.98 Å². The van der Waals surface area contributed by atoms with Gasteiger partial charge in [0.2, 0.25) is 10.0 Å². The lowest BCUT2D eigenvalue weighted by Gasteiger charge is -2.21. The highest BCUT2D eigenvalue weighted by Gasteiger charge is 2.26. The number of aromatic amines is 1. The summed E-state index contributed by atoms with van der Waals surface area (Å²) >= 11 is 0. The number of hydrogen-bond donors (Lipinski definition) is 1. The molecule has 132 valence electrons. The van der Waals surface area contributed by atoms with Crippen molar-refractivity contribution in [1.82, 2.24) is 9.29 Å². The third kappa shape index (κ3) is 3.45. The van der Waals surface area contributed by atoms with Gasteiger partial charge in [-0.1, -0.05) is 25.2 Å². The molecule has 0 aliphatic heterocycles. The molecule has 0 radical (unpaired) electrons. The van der Waals surface area contributed by atoms with E-state index in [0.717, 1.165) is 22.2 Å². The first-order valence-electron chi connectivity index (χ1n) is 8.23. The topological polar surface area (TPSA) is 53.2 Å². The highest BCUT2D eigenvalue weighted by molar-refractivity contribution is 7.93. The van der Waals surface area contributed by atoms with Crippen molar-refractivity contribution in [2.45, 2.75) is 26.8 Å². The summed E-state index contributed by atoms with van der Waals surface area (Å²) in [6.07, 6.45) is 9.45. The number of fused-ring (bicyclic) bond motifs is 1. The van der Waals surface area contributed by atoms with Crippen molar-refractivity contribution in [3.8, 4) is 0 Å². The Morgan fingerprint density at radius 3 is 2.84 bits per heavy atom. The van der Waals surface area contributed by atoms with E-state index >= 15 is 0 Å². The lowest BCUT2D eigenvalue weighted by Crippen LogP contribution is -2.31. The molecule has 0 spiro atoms. The molecular weight excluding hydrogens is 339 g/mol. The molecule has 0 bridgehead atoms. The summed E-state index contributed by atoms with van der Waals surface area (Å²) in [7, 11) is -3.62. The molecule has 6 heteroatoms. The molecule has 0 unspecified atom stereocenters. The fourth-order valence-corrected chi connectivity index (χ4v) is 4.44. The first-order valence-corrected chi connectivity index (χ1v) is 9.67. The first kappa shape index (κ1) is 17.6. The number of aryl methyl sites for hydroxylation is 1. The summed E-state index contributed by atoms with van der Waals surface area (Å²) in [6, 6.07) is 4.51. The van der Waals surface area contributed by atoms with E-state index in [0.29, 0.717) is 13.0 Å². The molecule has 1 heterocycles. The molecular formula is C19H21FN2O2S. The molecule has 0 saturated heterocycles. The number of nitrogens with zero attached hydrogens (tertiary/aromatic N) is 1. The van der Waals surface area contributed by atoms with Crippen molar-refractivity contribution in [2.24, 2.45) is 0 Å². The van der Waals surface area contributed by atoms with Crippen LogP contribution < -0.4 is 0 Å². The molecule has 4 nitrogen and oxygen atoms in total. The number of nitrogens with one attached hydrogen (secondary N) is 1. The van der Waals surface area contributed by atoms with Crippen molar-refractivity contribution in [1.29, 1.82) is 0 Å². The zero-order chi connectivity index (χ0) is 18.0. The Hall–Kier alpha value is -2.18. The Morgan fingerprint density at radius 2 is 2.08 bits per heavy atom. The number of aromatic nitrogens is 1. The van der Waals surface area contributed by atoms with E-state index in [4.69, 9.17) is 0 Å². The van der Waals surface area contributed by atoms with E-state index in [9.17, 15) is 12.8 Å². The van der Waals surface area contributed by atoms with Gasteiger partial charge in [0, 0.05) is 29.7 Å². The second-order valence-electron chi connectivity index (χ2n) is 5.98. The fourth-order valence-electron chi connectivity index (χ4n) is 2.98. The van der Waals surface area contributed by atoms with Gasteiger partial charge < -0.3 is 4.98 Å². The summed E-state index contributed by atoms with van der Waals surface area (Å²) in [6.45, 7) is 4.21. The quantitative estimate of drug-likeness (QED) is 0.870. The zero-order valence-corrected chi connectivity index (χ0v) is 15.1. The van der Waals surface area contributed by atoms with Gasteiger partial charge >= 0.3 is 0 Å². The summed E-state index contributed by atoms with van der Waals surface area (Å²) in [5.41, 5.74) is 2.45. The maximum absolute atomic E-state index is 13.6. The van der Waals surface area contributed by atoms with Crippen LogP contribution in [0.4, 0.5) is 4.39 Å². The maximum atomic E-state index is 13.6. The van der Waals surface area contributed by atoms with Gasteiger partial charge in [0.25, 0.3) is 0 Å². The van der Waals surface area contributed by atoms with Crippen molar-refractivity contribution >= 4 is 20.9 Å². The second-order valence-corrected chi connectivity index (χ2v) is 7.92. The number of allylic oxidation sites excluding steroid dienone is 5. The van der Waals surface area contributed by atoms with Gasteiger partial charge in [-0.15, -0.1) is 0 Å². The van der Waals surface area contributed by atoms with Gasteiger partial charge in [-0.3, -0.25) is 0 Å². The average molecular weight is 360 g/mol. The predicted molar refractivity (Wildman–Crippen MR) is 99.0 cm³/mol. The van der Waals surface area contributed by atoms with Crippen molar-refractivity contribution in [2.75, 3.05) is 6.54 Å². The molecule has 1 aliphatic carbocycles. The van der Waals surface area contributed by atoms with Crippen LogP contribution in [0.5, 0.6) is 0 Å². The first-order chi connectivity index (χ1) is 11.9. The Bertz CT molecular complexity index is 984. The summed E-state index contributed by atoms with van der Waals surface area (Å²) in [5.74, 6) is -0.335. The zero-order valence-electron chi connectivity index (χ0n) is 14.3. The Balaban J connectivity index is 2.00. The number of benzene rings is 1. The monoisotopic (exact) mass is 360 g/mol. The normalized spacial score (nSPS) is 15.0. The van der Waals surface area contributed by atoms with Gasteiger partial charge in [-0.2, -0.15) is 4.31 Å². The van der Waals surface area contributed by atoms with E-state index < -0.39 is 10.0 Å². The van der Waals surface area contributed by atoms with Crippen molar-refractivity contribution < 1.29 is 12.8 Å². The number of hydrogen-bond acceptors (Lipinski definition) is 2. The van der Waals surface area contributed by atoms with Crippen LogP contribution >= 0.6 is 0 Å². The number of H-pyrrole nitrogens is 1. The van der Waals surface area contributed by atoms with Crippen LogP contribution in [0, 0.1) is 12.7 Å². The Morgan fingerprint density at radius 1 is 1.28 bits per heavy atom. The SMILES string of the molecule is CCN(Cc1c(C)[nH]c2ccc(F)cc12)S(=O)(=O)C1=CC=CCC=C1. The largest absolute Gasteiger partial charge is 0.358 e. The lowest BCUT2D eigenvalue weighted by atomic mass is 10.1. The summed E-state index contributed by atoms with van der Waals surface area (Å²) < 4.78 is 41.1. The van der Waals surface area contributed by atoms with E-state index in [1.54, 1.807) is 31.2 Å². The Kier molecular flexibility index (Phi) is 4.92. The molecule has 1 N–H and O–H groups in total. The standard InChI is InChI=1S/C19H21FN2O2S/c1-3-22(25(23,24)16-8-6-4-5-7-9-16)13-18-14(2)21-19-11-10-15(20)12-17(18)19/h4,6-12,21H,3,5,13H2,1-2H3. The summed E-state index contributed by atoms with van der Waals surface area (Å²) in [5, 5.41) is 0.719. The predicted octanol–water partition coefficient (Wildman–Crippen LogP) is 4.17. The third-order valence-corrected chi connectivity index (χ3v) is 6.29. The molecule has 0 fully saturated rings. The molecule has 3 rings (SSSR count). The molecule has 0 saturated carbocycles. The third-order valence-electron chi connectivity index (χ3n) is 4.36. The number of sulfonamides is 1. The minimum absolute atomic E-state index is 0.197. The number of rotatable bonds is 5. The highest BCUT2D eigenvalue weighted by atomic mass is 32.2. The fraction of sp³-hybridized carbons (Fsp3) is 0.263. The van der Waals surface area contributed by atoms with Crippen molar-refractivity contribution in [3.63, 3.8) is 0 Å². The average Bonchev–Trinajstić information content (AvgIpc) is 2.77. The number of halogens is 1. The molecule has 2 aromatic rings. The van der Waals surface area contributed by atoms with Crippen LogP contribution in [-0.2, 0) is 16.6 Å². The summed E-state index contributed by atoms with van der Waals surface area (Å²) in [4.78, 5) is 3.47. The van der Waals surface area contributed by atoms with Crippen LogP contribution in [0.1, 0.15) is 24.6 Å². The van der Waals surface area contributed by atoms with Gasteiger partial charge in [0.05, 0.1) is 4.91 Å². The van der Waals surface area contributed by atoms with Gasteiger partial charge in [0.15, 0.2) is 0 Å². The van der Waals surface area contributed by atoms with Gasteiger partial charge in [-0.25, -0.2) is 12.8 Å². The van der Waals surface area contributed by atoms with E-state index in [1.165, 1.54) is 16.4 Å². The smallest absolute Gasteiger partial charge is 0.243 e. The molecule has 25 heavy (non-hydrogen) atoms. The minimum Gasteiger partial charge on any atom is -0.358 e. The second kappa shape index (κ2) is 6.98. The van der Waals surface area contributed by atoms with Crippen molar-refractivity contribution in [3.05, 3.63) is 70.6 Å². The molecule has 0 amide bonds. The maximum Gasteiger partial charge on any atom is 0.243 e. The minimum atomic E-state index is -3.62. The van der Waals surface area contributed by atoms with E-state index in [1.807, 2.05) is 19.1 Å². The highest BCUT2D eigenvalue weighted by Crippen LogP contribution is 2.27. The van der Waals surface area contributed by atoms with Crippen LogP contribution in [0.2, 0.25) is 0 Å². The van der Waals surface area contributed by atoms with Gasteiger partial charge in [0.1, 0.15) is 5.82 Å². The van der Waals surface area contributed by atoms with Crippen LogP contribution in [0.3, 0.4) is 0 Å². The van der Waals surface area contributed by atoms with Crippen LogP contribution in [0.15, 0.2) is 53.5 Å².